The van der Waals surface area contributed by atoms with E-state index in [2.05, 4.69) is 5.32 Å². The van der Waals surface area contributed by atoms with Crippen molar-refractivity contribution < 1.29 is 18.7 Å². The molecule has 0 heterocycles. The van der Waals surface area contributed by atoms with E-state index in [1.807, 2.05) is 0 Å². The van der Waals surface area contributed by atoms with E-state index < -0.39 is 23.8 Å². The summed E-state index contributed by atoms with van der Waals surface area (Å²) in [6.45, 7) is 1.42. The van der Waals surface area contributed by atoms with E-state index in [1.165, 1.54) is 13.0 Å². The van der Waals surface area contributed by atoms with Gasteiger partial charge in [0.15, 0.2) is 6.10 Å². The monoisotopic (exact) mass is 336 g/mol. The van der Waals surface area contributed by atoms with Crippen molar-refractivity contribution >= 4 is 34.9 Å². The maximum Gasteiger partial charge on any atom is 0.341 e. The minimum absolute atomic E-state index is 0.00228. The highest BCUT2D eigenvalue weighted by Crippen LogP contribution is 2.17. The average molecular weight is 337 g/mol. The van der Waals surface area contributed by atoms with Gasteiger partial charge >= 0.3 is 5.97 Å². The van der Waals surface area contributed by atoms with E-state index in [1.54, 1.807) is 24.3 Å². The summed E-state index contributed by atoms with van der Waals surface area (Å²) in [6, 6.07) is 9.77. The van der Waals surface area contributed by atoms with Gasteiger partial charge in [-0.05, 0) is 49.4 Å². The summed E-state index contributed by atoms with van der Waals surface area (Å²) in [7, 11) is 0. The largest absolute Gasteiger partial charge is 0.449 e. The molecule has 120 valence electrons. The zero-order valence-corrected chi connectivity index (χ0v) is 12.9. The van der Waals surface area contributed by atoms with E-state index in [-0.39, 0.29) is 11.3 Å². The third-order valence-corrected chi connectivity index (χ3v) is 3.25. The molecule has 0 radical (unpaired) electrons. The van der Waals surface area contributed by atoms with Crippen LogP contribution in [0.4, 0.5) is 15.8 Å². The second kappa shape index (κ2) is 7.11. The molecule has 0 bridgehead atoms. The minimum Gasteiger partial charge on any atom is -0.449 e. The standard InChI is InChI=1S/C16H14ClFN2O3/c1-9(15(21)20-12-5-2-10(17)3-6-12)23-16(22)13-7-4-11(18)8-14(13)19/h2-9H,19H2,1H3,(H,20,21)/t9-/m0/s1. The van der Waals surface area contributed by atoms with E-state index in [4.69, 9.17) is 22.1 Å². The zero-order chi connectivity index (χ0) is 17.0. The van der Waals surface area contributed by atoms with Gasteiger partial charge in [0, 0.05) is 16.4 Å². The van der Waals surface area contributed by atoms with E-state index in [9.17, 15) is 14.0 Å². The van der Waals surface area contributed by atoms with Gasteiger partial charge in [-0.25, -0.2) is 9.18 Å². The number of ether oxygens (including phenoxy) is 1. The van der Waals surface area contributed by atoms with Gasteiger partial charge in [0.25, 0.3) is 5.91 Å². The zero-order valence-electron chi connectivity index (χ0n) is 12.2. The van der Waals surface area contributed by atoms with Crippen LogP contribution in [0.15, 0.2) is 42.5 Å². The predicted molar refractivity (Wildman–Crippen MR) is 85.8 cm³/mol. The van der Waals surface area contributed by atoms with Crippen molar-refractivity contribution in [3.8, 4) is 0 Å². The molecule has 0 spiro atoms. The van der Waals surface area contributed by atoms with Crippen LogP contribution < -0.4 is 11.1 Å². The van der Waals surface area contributed by atoms with Crippen LogP contribution in [0, 0.1) is 5.82 Å². The molecule has 5 nitrogen and oxygen atoms in total. The van der Waals surface area contributed by atoms with Gasteiger partial charge in [-0.15, -0.1) is 0 Å². The van der Waals surface area contributed by atoms with Crippen molar-refractivity contribution in [3.63, 3.8) is 0 Å². The third-order valence-electron chi connectivity index (χ3n) is 3.00. The number of carbonyl (C=O) groups excluding carboxylic acids is 2. The summed E-state index contributed by atoms with van der Waals surface area (Å²) >= 11 is 5.75. The number of nitrogen functional groups attached to an aromatic ring is 1. The number of hydrogen-bond acceptors (Lipinski definition) is 4. The Balaban J connectivity index is 2.00. The minimum atomic E-state index is -1.05. The lowest BCUT2D eigenvalue weighted by atomic mass is 10.2. The molecule has 23 heavy (non-hydrogen) atoms. The van der Waals surface area contributed by atoms with Gasteiger partial charge in [0.05, 0.1) is 5.56 Å². The molecule has 2 aromatic rings. The molecular formula is C16H14ClFN2O3. The van der Waals surface area contributed by atoms with E-state index in [0.717, 1.165) is 12.1 Å². The maximum absolute atomic E-state index is 13.0. The average Bonchev–Trinajstić information content (AvgIpc) is 2.49. The van der Waals surface area contributed by atoms with Crippen LogP contribution in [0.1, 0.15) is 17.3 Å². The highest BCUT2D eigenvalue weighted by Gasteiger charge is 2.20. The maximum atomic E-state index is 13.0. The Kier molecular flexibility index (Phi) is 5.18. The van der Waals surface area contributed by atoms with Gasteiger partial charge in [-0.2, -0.15) is 0 Å². The number of nitrogens with one attached hydrogen (secondary N) is 1. The molecule has 7 heteroatoms. The summed E-state index contributed by atoms with van der Waals surface area (Å²) in [5.74, 6) is -1.88. The topological polar surface area (TPSA) is 81.4 Å². The number of rotatable bonds is 4. The summed E-state index contributed by atoms with van der Waals surface area (Å²) in [6.07, 6.45) is -1.05. The Bertz CT molecular complexity index is 735. The van der Waals surface area contributed by atoms with Crippen LogP contribution in [-0.4, -0.2) is 18.0 Å². The third kappa shape index (κ3) is 4.43. The number of nitrogens with two attached hydrogens (primary N) is 1. The van der Waals surface area contributed by atoms with Gasteiger partial charge in [0.1, 0.15) is 5.82 Å². The molecule has 0 aliphatic carbocycles. The van der Waals surface area contributed by atoms with Crippen LogP contribution in [0.2, 0.25) is 5.02 Å². The Morgan fingerprint density at radius 1 is 1.22 bits per heavy atom. The lowest BCUT2D eigenvalue weighted by Gasteiger charge is -2.14. The number of anilines is 2. The molecule has 0 saturated heterocycles. The van der Waals surface area contributed by atoms with Crippen molar-refractivity contribution in [1.29, 1.82) is 0 Å². The van der Waals surface area contributed by atoms with Crippen molar-refractivity contribution in [2.24, 2.45) is 0 Å². The Morgan fingerprint density at radius 3 is 2.48 bits per heavy atom. The predicted octanol–water partition coefficient (Wildman–Crippen LogP) is 3.25. The second-order valence-corrected chi connectivity index (χ2v) is 5.21. The fourth-order valence-electron chi connectivity index (χ4n) is 1.77. The van der Waals surface area contributed by atoms with E-state index >= 15 is 0 Å². The summed E-state index contributed by atoms with van der Waals surface area (Å²) in [5, 5.41) is 3.12. The molecule has 0 fully saturated rings. The number of halogens is 2. The summed E-state index contributed by atoms with van der Waals surface area (Å²) in [5.41, 5.74) is 6.02. The SMILES string of the molecule is C[C@H](OC(=O)c1ccc(F)cc1N)C(=O)Nc1ccc(Cl)cc1. The van der Waals surface area contributed by atoms with Crippen molar-refractivity contribution in [3.05, 3.63) is 58.9 Å². The summed E-state index contributed by atoms with van der Waals surface area (Å²) < 4.78 is 18.0. The fraction of sp³-hybridized carbons (Fsp3) is 0.125. The Labute approximate surface area is 137 Å². The molecule has 1 amide bonds. The van der Waals surface area contributed by atoms with Crippen molar-refractivity contribution in [2.75, 3.05) is 11.1 Å². The van der Waals surface area contributed by atoms with Gasteiger partial charge < -0.3 is 15.8 Å². The second-order valence-electron chi connectivity index (χ2n) is 4.78. The molecule has 1 atom stereocenters. The van der Waals surface area contributed by atoms with Gasteiger partial charge in [0.2, 0.25) is 0 Å². The van der Waals surface area contributed by atoms with Crippen LogP contribution in [-0.2, 0) is 9.53 Å². The highest BCUT2D eigenvalue weighted by atomic mass is 35.5. The van der Waals surface area contributed by atoms with Gasteiger partial charge in [-0.3, -0.25) is 4.79 Å². The highest BCUT2D eigenvalue weighted by molar-refractivity contribution is 6.30. The number of benzene rings is 2. The molecule has 3 N–H and O–H groups in total. The number of amides is 1. The lowest BCUT2D eigenvalue weighted by molar-refractivity contribution is -0.123. The summed E-state index contributed by atoms with van der Waals surface area (Å²) in [4.78, 5) is 24.0. The van der Waals surface area contributed by atoms with Crippen LogP contribution >= 0.6 is 11.6 Å². The molecule has 2 rings (SSSR count). The van der Waals surface area contributed by atoms with Crippen LogP contribution in [0.5, 0.6) is 0 Å². The van der Waals surface area contributed by atoms with Crippen molar-refractivity contribution in [1.82, 2.24) is 0 Å². The van der Waals surface area contributed by atoms with E-state index in [0.29, 0.717) is 10.7 Å². The lowest BCUT2D eigenvalue weighted by Crippen LogP contribution is -2.30. The first-order valence-electron chi connectivity index (χ1n) is 6.69. The first-order valence-corrected chi connectivity index (χ1v) is 7.07. The molecule has 0 aromatic heterocycles. The quantitative estimate of drug-likeness (QED) is 0.663. The smallest absolute Gasteiger partial charge is 0.341 e. The van der Waals surface area contributed by atoms with Gasteiger partial charge in [-0.1, -0.05) is 11.6 Å². The fourth-order valence-corrected chi connectivity index (χ4v) is 1.90. The normalized spacial score (nSPS) is 11.6. The molecule has 0 saturated carbocycles. The Morgan fingerprint density at radius 2 is 1.87 bits per heavy atom. The van der Waals surface area contributed by atoms with Crippen LogP contribution in [0.3, 0.4) is 0 Å². The molecule has 0 aliphatic heterocycles. The first kappa shape index (κ1) is 16.8. The molecule has 0 aliphatic rings. The van der Waals surface area contributed by atoms with Crippen LogP contribution in [0.25, 0.3) is 0 Å². The number of esters is 1. The molecule has 0 unspecified atom stereocenters. The number of hydrogen-bond donors (Lipinski definition) is 2. The first-order chi connectivity index (χ1) is 10.9. The molecular weight excluding hydrogens is 323 g/mol. The van der Waals surface area contributed by atoms with Crippen molar-refractivity contribution in [2.45, 2.75) is 13.0 Å². The molecule has 2 aromatic carbocycles. The Hall–Kier alpha value is -2.60. The number of carbonyl (C=O) groups is 2.